The van der Waals surface area contributed by atoms with Crippen molar-refractivity contribution < 1.29 is 17.2 Å². The van der Waals surface area contributed by atoms with Crippen molar-refractivity contribution in [1.29, 1.82) is 0 Å². The lowest BCUT2D eigenvalue weighted by molar-refractivity contribution is 0.584. The van der Waals surface area contributed by atoms with Crippen LogP contribution in [-0.4, -0.2) is 8.42 Å². The van der Waals surface area contributed by atoms with Gasteiger partial charge in [0.15, 0.2) is 0 Å². The fourth-order valence-electron chi connectivity index (χ4n) is 2.89. The van der Waals surface area contributed by atoms with Gasteiger partial charge < -0.3 is 0 Å². The molecule has 3 aromatic rings. The Morgan fingerprint density at radius 3 is 1.71 bits per heavy atom. The van der Waals surface area contributed by atoms with Gasteiger partial charge in [0.05, 0.1) is 9.79 Å². The van der Waals surface area contributed by atoms with Crippen LogP contribution in [0.1, 0.15) is 0 Å². The highest BCUT2D eigenvalue weighted by Gasteiger charge is 2.35. The third kappa shape index (κ3) is 2.25. The Morgan fingerprint density at radius 1 is 0.708 bits per heavy atom. The van der Waals surface area contributed by atoms with Gasteiger partial charge in [0.1, 0.15) is 11.6 Å². The monoisotopic (exact) mass is 362 g/mol. The molecule has 0 spiro atoms. The summed E-state index contributed by atoms with van der Waals surface area (Å²) in [6.07, 6.45) is 0. The Kier molecular flexibility index (Phi) is 3.47. The molecule has 0 aliphatic carbocycles. The smallest absolute Gasteiger partial charge is 0.208 e. The second-order valence-electron chi connectivity index (χ2n) is 5.40. The van der Waals surface area contributed by atoms with Crippen LogP contribution in [0, 0.1) is 11.6 Å². The van der Waals surface area contributed by atoms with E-state index in [0.29, 0.717) is 9.79 Å². The van der Waals surface area contributed by atoms with E-state index in [9.17, 15) is 17.2 Å². The zero-order chi connectivity index (χ0) is 16.9. The second kappa shape index (κ2) is 5.43. The third-order valence-electron chi connectivity index (χ3n) is 3.92. The minimum atomic E-state index is -3.79. The van der Waals surface area contributed by atoms with E-state index in [2.05, 4.69) is 0 Å². The van der Waals surface area contributed by atoms with Crippen molar-refractivity contribution >= 4 is 20.7 Å². The molecule has 122 valence electrons. The van der Waals surface area contributed by atoms with Crippen LogP contribution in [0.4, 0.5) is 8.78 Å². The summed E-state index contributed by atoms with van der Waals surface area (Å²) in [4.78, 5) is 1.83. The first-order valence-corrected chi connectivity index (χ1v) is 10.0. The third-order valence-corrected chi connectivity index (χ3v) is 8.61. The van der Waals surface area contributed by atoms with Crippen LogP contribution in [0.25, 0.3) is 0 Å². The summed E-state index contributed by atoms with van der Waals surface area (Å²) in [5.74, 6) is -1.01. The molecule has 24 heavy (non-hydrogen) atoms. The molecule has 0 atom stereocenters. The van der Waals surface area contributed by atoms with Gasteiger partial charge in [-0.2, -0.15) is 10.9 Å². The van der Waals surface area contributed by atoms with Crippen LogP contribution >= 0.6 is 10.9 Å². The van der Waals surface area contributed by atoms with Crippen molar-refractivity contribution in [3.05, 3.63) is 78.4 Å². The molecule has 0 unspecified atom stereocenters. The van der Waals surface area contributed by atoms with E-state index >= 15 is 0 Å². The van der Waals surface area contributed by atoms with E-state index in [0.717, 1.165) is 17.0 Å². The quantitative estimate of drug-likeness (QED) is 0.397. The number of hydrogen-bond donors (Lipinski definition) is 1. The number of fused-ring (bicyclic) bond motifs is 2. The predicted octanol–water partition coefficient (Wildman–Crippen LogP) is 4.59. The molecule has 0 aromatic heterocycles. The minimum Gasteiger partial charge on any atom is -0.218 e. The molecule has 1 aliphatic rings. The maximum atomic E-state index is 13.8. The molecule has 4 rings (SSSR count). The normalized spacial score (nSPS) is 16.3. The van der Waals surface area contributed by atoms with E-state index in [1.165, 1.54) is 24.3 Å². The molecule has 0 saturated carbocycles. The number of halogens is 2. The Bertz CT molecular complexity index is 988. The van der Waals surface area contributed by atoms with E-state index in [1.807, 2.05) is 30.3 Å². The van der Waals surface area contributed by atoms with Gasteiger partial charge >= 0.3 is 0 Å². The number of hydrogen-bond acceptors (Lipinski definition) is 2. The van der Waals surface area contributed by atoms with Gasteiger partial charge in [0, 0.05) is 9.79 Å². The van der Waals surface area contributed by atoms with Gasteiger partial charge in [-0.25, -0.2) is 17.2 Å². The maximum absolute atomic E-state index is 13.8. The first kappa shape index (κ1) is 15.4. The highest BCUT2D eigenvalue weighted by atomic mass is 32.2. The second-order valence-corrected chi connectivity index (χ2v) is 9.44. The van der Waals surface area contributed by atoms with Crippen molar-refractivity contribution in [1.82, 2.24) is 0 Å². The summed E-state index contributed by atoms with van der Waals surface area (Å²) in [6.45, 7) is 0. The lowest BCUT2D eigenvalue weighted by Crippen LogP contribution is -2.13. The van der Waals surface area contributed by atoms with Gasteiger partial charge in [-0.15, -0.1) is 0 Å². The first-order chi connectivity index (χ1) is 11.5. The molecule has 0 N–H and O–H groups in total. The molecule has 2 nitrogen and oxygen atoms in total. The largest absolute Gasteiger partial charge is 0.218 e. The predicted molar refractivity (Wildman–Crippen MR) is 88.5 cm³/mol. The summed E-state index contributed by atoms with van der Waals surface area (Å²) in [5, 5.41) is 0. The van der Waals surface area contributed by atoms with Gasteiger partial charge in [0.2, 0.25) is 9.84 Å². The molecule has 0 radical (unpaired) electrons. The summed E-state index contributed by atoms with van der Waals surface area (Å²) in [5.41, 5.74) is 0. The van der Waals surface area contributed by atoms with Crippen molar-refractivity contribution in [2.45, 2.75) is 24.5 Å². The topological polar surface area (TPSA) is 34.1 Å². The van der Waals surface area contributed by atoms with E-state index in [-0.39, 0.29) is 9.79 Å². The highest BCUT2D eigenvalue weighted by molar-refractivity contribution is 8.18. The first-order valence-electron chi connectivity index (χ1n) is 7.18. The molecule has 0 amide bonds. The highest BCUT2D eigenvalue weighted by Crippen LogP contribution is 2.59. The van der Waals surface area contributed by atoms with Crippen LogP contribution in [0.5, 0.6) is 0 Å². The number of sulfone groups is 1. The molecule has 3 aromatic carbocycles. The summed E-state index contributed by atoms with van der Waals surface area (Å²) in [6, 6.07) is 16.6. The molecule has 1 heterocycles. The number of thiol groups is 1. The summed E-state index contributed by atoms with van der Waals surface area (Å²) in [7, 11) is -5.14. The van der Waals surface area contributed by atoms with Crippen molar-refractivity contribution in [2.75, 3.05) is 0 Å². The Hall–Kier alpha value is -2.18. The lowest BCUT2D eigenvalue weighted by atomic mass is 10.3. The fraction of sp³-hybridized carbons (Fsp3) is 0. The summed E-state index contributed by atoms with van der Waals surface area (Å²) >= 11 is 0. The van der Waals surface area contributed by atoms with Crippen molar-refractivity contribution in [2.24, 2.45) is 0 Å². The van der Waals surface area contributed by atoms with Crippen LogP contribution in [0.2, 0.25) is 0 Å². The number of rotatable bonds is 1. The maximum Gasteiger partial charge on any atom is 0.208 e. The Morgan fingerprint density at radius 2 is 1.21 bits per heavy atom. The van der Waals surface area contributed by atoms with Crippen molar-refractivity contribution in [3.63, 3.8) is 0 Å². The van der Waals surface area contributed by atoms with Gasteiger partial charge in [-0.3, -0.25) is 0 Å². The Labute approximate surface area is 141 Å². The minimum absolute atomic E-state index is 0.0953. The van der Waals surface area contributed by atoms with Crippen LogP contribution in [-0.2, 0) is 9.84 Å². The molecular weight excluding hydrogens is 350 g/mol. The standard InChI is InChI=1S/C18H12F2O2S2/c19-12-6-8-17-15(10-12)23(14-4-2-1-3-5-14)16-11-13(20)7-9-18(16)24(17,21)22/h1-11,23H. The molecule has 0 fully saturated rings. The average Bonchev–Trinajstić information content (AvgIpc) is 2.55. The van der Waals surface area contributed by atoms with Gasteiger partial charge in [-0.05, 0) is 53.4 Å². The zero-order valence-corrected chi connectivity index (χ0v) is 14.0. The van der Waals surface area contributed by atoms with Gasteiger partial charge in [0.25, 0.3) is 0 Å². The van der Waals surface area contributed by atoms with Gasteiger partial charge in [-0.1, -0.05) is 18.2 Å². The molecule has 0 saturated heterocycles. The number of benzene rings is 3. The van der Waals surface area contributed by atoms with Crippen LogP contribution in [0.15, 0.2) is 91.2 Å². The molecular formula is C18H12F2O2S2. The van der Waals surface area contributed by atoms with E-state index in [4.69, 9.17) is 0 Å². The Balaban J connectivity index is 2.12. The molecule has 0 bridgehead atoms. The lowest BCUT2D eigenvalue weighted by Gasteiger charge is -2.31. The van der Waals surface area contributed by atoms with E-state index < -0.39 is 32.4 Å². The average molecular weight is 362 g/mol. The zero-order valence-electron chi connectivity index (χ0n) is 12.3. The van der Waals surface area contributed by atoms with Crippen molar-refractivity contribution in [3.8, 4) is 0 Å². The fourth-order valence-corrected chi connectivity index (χ4v) is 7.94. The van der Waals surface area contributed by atoms with E-state index in [1.54, 1.807) is 0 Å². The molecule has 1 aliphatic heterocycles. The van der Waals surface area contributed by atoms with Crippen LogP contribution < -0.4 is 0 Å². The molecule has 6 heteroatoms. The summed E-state index contributed by atoms with van der Waals surface area (Å²) < 4.78 is 53.4. The van der Waals surface area contributed by atoms with Crippen LogP contribution in [0.3, 0.4) is 0 Å². The SMILES string of the molecule is O=S1(=O)c2ccc(F)cc2[SH](c2ccccc2)c2cc(F)ccc21.